The number of anilines is 1. The summed E-state index contributed by atoms with van der Waals surface area (Å²) in [5.74, 6) is -1.53. The molecule has 0 bridgehead atoms. The van der Waals surface area contributed by atoms with Gasteiger partial charge < -0.3 is 4.90 Å². The van der Waals surface area contributed by atoms with Crippen LogP contribution in [0.25, 0.3) is 5.52 Å². The van der Waals surface area contributed by atoms with E-state index in [1.54, 1.807) is 17.6 Å². The summed E-state index contributed by atoms with van der Waals surface area (Å²) < 4.78 is 51.1. The number of aromatic nitrogens is 2. The topological polar surface area (TPSA) is 83.8 Å². The number of rotatable bonds is 5. The van der Waals surface area contributed by atoms with Crippen molar-refractivity contribution >= 4 is 27.1 Å². The van der Waals surface area contributed by atoms with Gasteiger partial charge >= 0.3 is 0 Å². The van der Waals surface area contributed by atoms with Crippen LogP contribution in [-0.2, 0) is 10.0 Å². The first-order chi connectivity index (χ1) is 14.8. The van der Waals surface area contributed by atoms with E-state index < -0.39 is 27.6 Å². The molecule has 3 aromatic rings. The highest BCUT2D eigenvalue weighted by Crippen LogP contribution is 2.23. The molecular weight excluding hydrogens is 426 g/mol. The molecule has 1 N–H and O–H groups in total. The van der Waals surface area contributed by atoms with Crippen LogP contribution in [0.15, 0.2) is 48.8 Å². The van der Waals surface area contributed by atoms with E-state index in [0.29, 0.717) is 11.9 Å². The summed E-state index contributed by atoms with van der Waals surface area (Å²) in [6, 6.07) is 8.16. The van der Waals surface area contributed by atoms with Crippen molar-refractivity contribution in [3.8, 4) is 0 Å². The van der Waals surface area contributed by atoms with Crippen molar-refractivity contribution in [2.45, 2.75) is 26.2 Å². The van der Waals surface area contributed by atoms with Gasteiger partial charge in [-0.25, -0.2) is 26.4 Å². The molecule has 1 aliphatic rings. The SMILES string of the molecule is CCCS(=O)(=O)NC(=O)c1cnn2ccc(N3CCCC3)cc12.Fc1ccc(F)cc1. The first kappa shape index (κ1) is 22.7. The van der Waals surface area contributed by atoms with Crippen LogP contribution in [0.2, 0.25) is 0 Å². The van der Waals surface area contributed by atoms with Gasteiger partial charge in [0.15, 0.2) is 0 Å². The Morgan fingerprint density at radius 3 is 2.29 bits per heavy atom. The van der Waals surface area contributed by atoms with Gasteiger partial charge in [-0.2, -0.15) is 5.10 Å². The third-order valence-electron chi connectivity index (χ3n) is 4.75. The Morgan fingerprint density at radius 1 is 1.10 bits per heavy atom. The number of hydrogen-bond donors (Lipinski definition) is 1. The van der Waals surface area contributed by atoms with Crippen LogP contribution in [0.5, 0.6) is 0 Å². The molecule has 1 fully saturated rings. The number of carbonyl (C=O) groups is 1. The summed E-state index contributed by atoms with van der Waals surface area (Å²) in [4.78, 5) is 14.5. The Bertz CT molecular complexity index is 1120. The maximum absolute atomic E-state index is 12.3. The number of fused-ring (bicyclic) bond motifs is 1. The molecule has 3 heterocycles. The molecule has 1 aromatic carbocycles. The average molecular weight is 451 g/mol. The molecule has 1 saturated heterocycles. The van der Waals surface area contributed by atoms with E-state index in [4.69, 9.17) is 0 Å². The number of hydrogen-bond acceptors (Lipinski definition) is 5. The third kappa shape index (κ3) is 6.00. The van der Waals surface area contributed by atoms with Gasteiger partial charge in [0.1, 0.15) is 11.6 Å². The molecule has 31 heavy (non-hydrogen) atoms. The second-order valence-electron chi connectivity index (χ2n) is 7.15. The average Bonchev–Trinajstić information content (AvgIpc) is 3.39. The minimum Gasteiger partial charge on any atom is -0.371 e. The van der Waals surface area contributed by atoms with Gasteiger partial charge in [-0.05, 0) is 55.7 Å². The quantitative estimate of drug-likeness (QED) is 0.644. The van der Waals surface area contributed by atoms with Crippen LogP contribution in [-0.4, -0.2) is 42.8 Å². The summed E-state index contributed by atoms with van der Waals surface area (Å²) >= 11 is 0. The molecular formula is C21H24F2N4O3S. The van der Waals surface area contributed by atoms with Crippen molar-refractivity contribution in [2.24, 2.45) is 0 Å². The van der Waals surface area contributed by atoms with Gasteiger partial charge in [0.2, 0.25) is 10.0 Å². The molecule has 0 spiro atoms. The lowest BCUT2D eigenvalue weighted by Gasteiger charge is -2.17. The Labute approximate surface area is 179 Å². The second kappa shape index (κ2) is 9.86. The van der Waals surface area contributed by atoms with E-state index in [0.717, 1.165) is 55.9 Å². The zero-order valence-electron chi connectivity index (χ0n) is 17.1. The number of halogens is 2. The maximum atomic E-state index is 12.3. The first-order valence-corrected chi connectivity index (χ1v) is 11.6. The van der Waals surface area contributed by atoms with Crippen LogP contribution < -0.4 is 9.62 Å². The summed E-state index contributed by atoms with van der Waals surface area (Å²) in [6.45, 7) is 3.74. The van der Waals surface area contributed by atoms with Crippen molar-refractivity contribution < 1.29 is 22.0 Å². The smallest absolute Gasteiger partial charge is 0.268 e. The summed E-state index contributed by atoms with van der Waals surface area (Å²) in [5, 5.41) is 4.13. The van der Waals surface area contributed by atoms with E-state index in [1.807, 2.05) is 12.1 Å². The monoisotopic (exact) mass is 450 g/mol. The van der Waals surface area contributed by atoms with Crippen LogP contribution >= 0.6 is 0 Å². The Morgan fingerprint density at radius 2 is 1.71 bits per heavy atom. The number of sulfonamides is 1. The minimum atomic E-state index is -3.60. The standard InChI is InChI=1S/C15H20N4O3S.C6H4F2/c1-2-9-23(21,22)17-15(20)13-11-16-19-8-5-12(10-14(13)19)18-6-3-4-7-18;7-5-1-2-6(8)4-3-5/h5,8,10-11H,2-4,6-7,9H2,1H3,(H,17,20);1-4H. The zero-order valence-corrected chi connectivity index (χ0v) is 17.9. The maximum Gasteiger partial charge on any atom is 0.268 e. The Kier molecular flexibility index (Phi) is 7.21. The van der Waals surface area contributed by atoms with Gasteiger partial charge in [0.25, 0.3) is 5.91 Å². The molecule has 4 rings (SSSR count). The molecule has 0 saturated carbocycles. The number of amides is 1. The second-order valence-corrected chi connectivity index (χ2v) is 9.00. The number of pyridine rings is 1. The van der Waals surface area contributed by atoms with E-state index >= 15 is 0 Å². The van der Waals surface area contributed by atoms with Crippen LogP contribution in [0.3, 0.4) is 0 Å². The van der Waals surface area contributed by atoms with Crippen LogP contribution in [0, 0.1) is 11.6 Å². The molecule has 1 aliphatic heterocycles. The largest absolute Gasteiger partial charge is 0.371 e. The highest BCUT2D eigenvalue weighted by atomic mass is 32.2. The van der Waals surface area contributed by atoms with Gasteiger partial charge in [0, 0.05) is 25.0 Å². The number of nitrogens with one attached hydrogen (secondary N) is 1. The molecule has 0 unspecified atom stereocenters. The minimum absolute atomic E-state index is 0.0724. The lowest BCUT2D eigenvalue weighted by Crippen LogP contribution is -2.32. The zero-order chi connectivity index (χ0) is 22.4. The predicted octanol–water partition coefficient (Wildman–Crippen LogP) is 3.37. The molecule has 10 heteroatoms. The number of nitrogens with zero attached hydrogens (tertiary/aromatic N) is 3. The van der Waals surface area contributed by atoms with Crippen molar-refractivity contribution in [2.75, 3.05) is 23.7 Å². The van der Waals surface area contributed by atoms with Crippen LogP contribution in [0.1, 0.15) is 36.5 Å². The lowest BCUT2D eigenvalue weighted by atomic mass is 10.2. The highest BCUT2D eigenvalue weighted by Gasteiger charge is 2.20. The first-order valence-electron chi connectivity index (χ1n) is 9.97. The molecule has 0 radical (unpaired) electrons. The molecule has 0 atom stereocenters. The summed E-state index contributed by atoms with van der Waals surface area (Å²) in [7, 11) is -3.60. The van der Waals surface area contributed by atoms with Crippen molar-refractivity contribution in [3.63, 3.8) is 0 Å². The van der Waals surface area contributed by atoms with Crippen molar-refractivity contribution in [1.82, 2.24) is 14.3 Å². The van der Waals surface area contributed by atoms with E-state index in [1.165, 1.54) is 6.20 Å². The van der Waals surface area contributed by atoms with Crippen molar-refractivity contribution in [3.05, 3.63) is 66.0 Å². The normalized spacial score (nSPS) is 13.7. The molecule has 1 amide bonds. The fraction of sp³-hybridized carbons (Fsp3) is 0.333. The fourth-order valence-corrected chi connectivity index (χ4v) is 4.29. The van der Waals surface area contributed by atoms with Gasteiger partial charge in [-0.15, -0.1) is 0 Å². The molecule has 2 aromatic heterocycles. The lowest BCUT2D eigenvalue weighted by molar-refractivity contribution is 0.0983. The fourth-order valence-electron chi connectivity index (χ4n) is 3.26. The molecule has 166 valence electrons. The van der Waals surface area contributed by atoms with E-state index in [-0.39, 0.29) is 11.3 Å². The van der Waals surface area contributed by atoms with E-state index in [9.17, 15) is 22.0 Å². The summed E-state index contributed by atoms with van der Waals surface area (Å²) in [5.41, 5.74) is 1.91. The molecule has 7 nitrogen and oxygen atoms in total. The van der Waals surface area contributed by atoms with Crippen LogP contribution in [0.4, 0.5) is 14.5 Å². The number of carbonyl (C=O) groups excluding carboxylic acids is 1. The van der Waals surface area contributed by atoms with Gasteiger partial charge in [0.05, 0.1) is 23.0 Å². The highest BCUT2D eigenvalue weighted by molar-refractivity contribution is 7.90. The Hall–Kier alpha value is -3.01. The van der Waals surface area contributed by atoms with Gasteiger partial charge in [-0.3, -0.25) is 4.79 Å². The molecule has 0 aliphatic carbocycles. The number of benzene rings is 1. The summed E-state index contributed by atoms with van der Waals surface area (Å²) in [6.07, 6.45) is 5.97. The Balaban J connectivity index is 0.000000287. The third-order valence-corrected chi connectivity index (χ3v) is 6.19. The van der Waals surface area contributed by atoms with E-state index in [2.05, 4.69) is 14.7 Å². The predicted molar refractivity (Wildman–Crippen MR) is 115 cm³/mol. The van der Waals surface area contributed by atoms with Gasteiger partial charge in [-0.1, -0.05) is 6.92 Å². The van der Waals surface area contributed by atoms with Crippen molar-refractivity contribution in [1.29, 1.82) is 0 Å².